The number of fused-ring (bicyclic) bond motifs is 1. The van der Waals surface area contributed by atoms with Crippen LogP contribution in [-0.4, -0.2) is 16.9 Å². The van der Waals surface area contributed by atoms with Gasteiger partial charge in [-0.1, -0.05) is 44.2 Å². The lowest BCUT2D eigenvalue weighted by Crippen LogP contribution is -2.31. The zero-order chi connectivity index (χ0) is 16.7. The Labute approximate surface area is 135 Å². The van der Waals surface area contributed by atoms with Crippen LogP contribution >= 0.6 is 0 Å². The number of amides is 2. The number of carbonyl (C=O) groups excluding carboxylic acids is 2. The van der Waals surface area contributed by atoms with Gasteiger partial charge in [-0.25, -0.2) is 4.90 Å². The highest BCUT2D eigenvalue weighted by Gasteiger charge is 2.39. The Morgan fingerprint density at radius 2 is 1.74 bits per heavy atom. The largest absolute Gasteiger partial charge is 0.392 e. The van der Waals surface area contributed by atoms with Crippen LogP contribution in [0.5, 0.6) is 0 Å². The number of benzene rings is 2. The summed E-state index contributed by atoms with van der Waals surface area (Å²) in [5, 5.41) is 9.48. The lowest BCUT2D eigenvalue weighted by atomic mass is 9.97. The first-order valence-electron chi connectivity index (χ1n) is 7.68. The highest BCUT2D eigenvalue weighted by atomic mass is 16.3. The molecule has 1 aliphatic rings. The van der Waals surface area contributed by atoms with Crippen molar-refractivity contribution in [3.63, 3.8) is 0 Å². The summed E-state index contributed by atoms with van der Waals surface area (Å²) in [6.07, 6.45) is 0. The SMILES string of the molecule is Cc1cccc(C(C)C)c1N1C(=O)c2cccc(CO)c2C1=O. The number of para-hydroxylation sites is 1. The number of imide groups is 1. The molecule has 118 valence electrons. The molecular weight excluding hydrogens is 290 g/mol. The van der Waals surface area contributed by atoms with E-state index in [0.717, 1.165) is 11.1 Å². The average Bonchev–Trinajstić information content (AvgIpc) is 2.79. The van der Waals surface area contributed by atoms with Crippen molar-refractivity contribution in [1.29, 1.82) is 0 Å². The molecule has 2 amide bonds. The maximum absolute atomic E-state index is 12.9. The minimum atomic E-state index is -0.356. The maximum atomic E-state index is 12.9. The molecule has 4 heteroatoms. The van der Waals surface area contributed by atoms with Crippen LogP contribution in [0.25, 0.3) is 0 Å². The van der Waals surface area contributed by atoms with E-state index in [1.165, 1.54) is 4.90 Å². The minimum absolute atomic E-state index is 0.187. The highest BCUT2D eigenvalue weighted by molar-refractivity contribution is 6.35. The third-order valence-electron chi connectivity index (χ3n) is 4.29. The molecular formula is C19H19NO3. The number of hydrogen-bond acceptors (Lipinski definition) is 3. The molecule has 1 aliphatic heterocycles. The second kappa shape index (κ2) is 5.63. The van der Waals surface area contributed by atoms with Gasteiger partial charge in [-0.15, -0.1) is 0 Å². The van der Waals surface area contributed by atoms with Crippen LogP contribution in [0.2, 0.25) is 0 Å². The lowest BCUT2D eigenvalue weighted by molar-refractivity contribution is 0.0924. The number of aryl methyl sites for hydroxylation is 1. The van der Waals surface area contributed by atoms with Crippen molar-refractivity contribution in [2.75, 3.05) is 4.90 Å². The molecule has 0 saturated heterocycles. The van der Waals surface area contributed by atoms with Crippen molar-refractivity contribution in [3.8, 4) is 0 Å². The molecule has 4 nitrogen and oxygen atoms in total. The van der Waals surface area contributed by atoms with Crippen LogP contribution in [0.3, 0.4) is 0 Å². The Bertz CT molecular complexity index is 808. The molecule has 1 heterocycles. The van der Waals surface area contributed by atoms with Crippen molar-refractivity contribution in [2.45, 2.75) is 33.3 Å². The molecule has 0 unspecified atom stereocenters. The first-order valence-corrected chi connectivity index (χ1v) is 7.68. The number of nitrogens with zero attached hydrogens (tertiary/aromatic N) is 1. The van der Waals surface area contributed by atoms with E-state index in [-0.39, 0.29) is 24.3 Å². The molecule has 0 aromatic heterocycles. The topological polar surface area (TPSA) is 57.6 Å². The van der Waals surface area contributed by atoms with Crippen LogP contribution in [0, 0.1) is 6.92 Å². The zero-order valence-corrected chi connectivity index (χ0v) is 13.5. The highest BCUT2D eigenvalue weighted by Crippen LogP contribution is 2.37. The Morgan fingerprint density at radius 3 is 2.39 bits per heavy atom. The fraction of sp³-hybridized carbons (Fsp3) is 0.263. The van der Waals surface area contributed by atoms with Crippen LogP contribution in [0.1, 0.15) is 57.2 Å². The van der Waals surface area contributed by atoms with Gasteiger partial charge in [-0.05, 0) is 35.6 Å². The van der Waals surface area contributed by atoms with E-state index >= 15 is 0 Å². The summed E-state index contributed by atoms with van der Waals surface area (Å²) in [6, 6.07) is 10.8. The number of anilines is 1. The van der Waals surface area contributed by atoms with Gasteiger partial charge in [0.2, 0.25) is 0 Å². The quantitative estimate of drug-likeness (QED) is 0.884. The average molecular weight is 309 g/mol. The van der Waals surface area contributed by atoms with E-state index in [1.807, 2.05) is 39.0 Å². The van der Waals surface area contributed by atoms with Crippen molar-refractivity contribution in [3.05, 3.63) is 64.2 Å². The van der Waals surface area contributed by atoms with Crippen molar-refractivity contribution in [2.24, 2.45) is 0 Å². The monoisotopic (exact) mass is 309 g/mol. The third kappa shape index (κ3) is 2.26. The Hall–Kier alpha value is -2.46. The van der Waals surface area contributed by atoms with E-state index < -0.39 is 0 Å². The van der Waals surface area contributed by atoms with Crippen LogP contribution in [0.4, 0.5) is 5.69 Å². The van der Waals surface area contributed by atoms with Gasteiger partial charge in [0.1, 0.15) is 0 Å². The lowest BCUT2D eigenvalue weighted by Gasteiger charge is -2.22. The van der Waals surface area contributed by atoms with Gasteiger partial charge in [0.05, 0.1) is 23.4 Å². The summed E-state index contributed by atoms with van der Waals surface area (Å²) in [4.78, 5) is 27.0. The Morgan fingerprint density at radius 1 is 1.04 bits per heavy atom. The smallest absolute Gasteiger partial charge is 0.266 e. The molecule has 1 N–H and O–H groups in total. The maximum Gasteiger partial charge on any atom is 0.266 e. The normalized spacial score (nSPS) is 13.9. The summed E-state index contributed by atoms with van der Waals surface area (Å²) >= 11 is 0. The van der Waals surface area contributed by atoms with Crippen LogP contribution in [-0.2, 0) is 6.61 Å². The van der Waals surface area contributed by atoms with E-state index in [1.54, 1.807) is 18.2 Å². The van der Waals surface area contributed by atoms with E-state index in [2.05, 4.69) is 0 Å². The summed E-state index contributed by atoms with van der Waals surface area (Å²) in [6.45, 7) is 5.71. The van der Waals surface area contributed by atoms with Gasteiger partial charge in [0, 0.05) is 0 Å². The Kier molecular flexibility index (Phi) is 3.78. The summed E-state index contributed by atoms with van der Waals surface area (Å²) < 4.78 is 0. The molecule has 2 aromatic carbocycles. The Balaban J connectivity index is 2.22. The van der Waals surface area contributed by atoms with Gasteiger partial charge in [0.25, 0.3) is 11.8 Å². The number of carbonyl (C=O) groups is 2. The van der Waals surface area contributed by atoms with Gasteiger partial charge < -0.3 is 5.11 Å². The first kappa shape index (κ1) is 15.4. The predicted molar refractivity (Wildman–Crippen MR) is 88.8 cm³/mol. The molecule has 0 aliphatic carbocycles. The molecule has 23 heavy (non-hydrogen) atoms. The van der Waals surface area contributed by atoms with Crippen molar-refractivity contribution >= 4 is 17.5 Å². The van der Waals surface area contributed by atoms with Crippen molar-refractivity contribution in [1.82, 2.24) is 0 Å². The van der Waals surface area contributed by atoms with Gasteiger partial charge in [0.15, 0.2) is 0 Å². The van der Waals surface area contributed by atoms with E-state index in [0.29, 0.717) is 22.4 Å². The second-order valence-electron chi connectivity index (χ2n) is 6.11. The van der Waals surface area contributed by atoms with Gasteiger partial charge >= 0.3 is 0 Å². The predicted octanol–water partition coefficient (Wildman–Crippen LogP) is 3.41. The minimum Gasteiger partial charge on any atom is -0.392 e. The molecule has 3 rings (SSSR count). The van der Waals surface area contributed by atoms with Gasteiger partial charge in [-0.2, -0.15) is 0 Å². The second-order valence-corrected chi connectivity index (χ2v) is 6.11. The molecule has 0 radical (unpaired) electrons. The third-order valence-corrected chi connectivity index (χ3v) is 4.29. The molecule has 0 saturated carbocycles. The molecule has 0 atom stereocenters. The molecule has 0 fully saturated rings. The van der Waals surface area contributed by atoms with E-state index in [9.17, 15) is 14.7 Å². The standard InChI is InChI=1S/C19H19NO3/c1-11(2)14-8-4-6-12(3)17(14)20-18(22)15-9-5-7-13(10-21)16(15)19(20)23/h4-9,11,21H,10H2,1-3H3. The van der Waals surface area contributed by atoms with Crippen LogP contribution in [0.15, 0.2) is 36.4 Å². The summed E-state index contributed by atoms with van der Waals surface area (Å²) in [5.74, 6) is -0.492. The molecule has 0 spiro atoms. The van der Waals surface area contributed by atoms with Crippen LogP contribution < -0.4 is 4.90 Å². The van der Waals surface area contributed by atoms with Gasteiger partial charge in [-0.3, -0.25) is 9.59 Å². The summed E-state index contributed by atoms with van der Waals surface area (Å²) in [7, 11) is 0. The number of aliphatic hydroxyl groups is 1. The fourth-order valence-corrected chi connectivity index (χ4v) is 3.14. The number of aliphatic hydroxyl groups excluding tert-OH is 1. The molecule has 0 bridgehead atoms. The molecule has 2 aromatic rings. The van der Waals surface area contributed by atoms with Crippen molar-refractivity contribution < 1.29 is 14.7 Å². The first-order chi connectivity index (χ1) is 11.0. The summed E-state index contributed by atoms with van der Waals surface area (Å²) in [5.41, 5.74) is 3.68. The fourth-order valence-electron chi connectivity index (χ4n) is 3.14. The van der Waals surface area contributed by atoms with E-state index in [4.69, 9.17) is 0 Å². The zero-order valence-electron chi connectivity index (χ0n) is 13.5. The number of rotatable bonds is 3. The number of hydrogen-bond donors (Lipinski definition) is 1.